The van der Waals surface area contributed by atoms with E-state index in [0.29, 0.717) is 0 Å². The van der Waals surface area contributed by atoms with Crippen LogP contribution in [0.25, 0.3) is 28.4 Å². The van der Waals surface area contributed by atoms with Crippen molar-refractivity contribution in [1.29, 1.82) is 0 Å². The second-order valence-corrected chi connectivity index (χ2v) is 9.95. The van der Waals surface area contributed by atoms with Gasteiger partial charge in [-0.2, -0.15) is 0 Å². The monoisotopic (exact) mass is 610 g/mol. The van der Waals surface area contributed by atoms with E-state index in [1.54, 1.807) is 0 Å². The maximum atomic E-state index is 13.1. The molecule has 14 heteroatoms. The summed E-state index contributed by atoms with van der Waals surface area (Å²) in [6.45, 7) is -0.821. The second kappa shape index (κ2) is 11.8. The molecule has 230 valence electrons. The Morgan fingerprint density at radius 1 is 0.818 bits per heavy atom. The summed E-state index contributed by atoms with van der Waals surface area (Å²) >= 11 is 0. The van der Waals surface area contributed by atoms with Crippen LogP contribution in [0.5, 0.6) is 34.5 Å². The lowest BCUT2D eigenvalue weighted by Gasteiger charge is -2.41. The van der Waals surface area contributed by atoms with Gasteiger partial charge >= 0.3 is 5.97 Å². The molecule has 2 heterocycles. The van der Waals surface area contributed by atoms with Gasteiger partial charge in [0, 0.05) is 23.8 Å². The number of hydrogen-bond donors (Lipinski definition) is 9. The summed E-state index contributed by atoms with van der Waals surface area (Å²) in [5.74, 6) is -4.53. The molecule has 4 aromatic rings. The lowest BCUT2D eigenvalue weighted by atomic mass is 9.89. The summed E-state index contributed by atoms with van der Waals surface area (Å²) in [4.78, 5) is 26.0. The number of aliphatic hydroxyl groups is 3. The third kappa shape index (κ3) is 5.57. The second-order valence-electron chi connectivity index (χ2n) is 9.95. The molecule has 0 saturated carbocycles. The van der Waals surface area contributed by atoms with Crippen molar-refractivity contribution in [2.75, 3.05) is 6.61 Å². The third-order valence-electron chi connectivity index (χ3n) is 7.07. The molecule has 0 aliphatic carbocycles. The third-order valence-corrected chi connectivity index (χ3v) is 7.07. The minimum atomic E-state index is -1.91. The molecular formula is C30H26O14. The largest absolute Gasteiger partial charge is 0.507 e. The van der Waals surface area contributed by atoms with Crippen LogP contribution in [0.4, 0.5) is 0 Å². The van der Waals surface area contributed by atoms with Crippen molar-refractivity contribution in [3.8, 4) is 45.8 Å². The van der Waals surface area contributed by atoms with E-state index in [1.807, 2.05) is 0 Å². The zero-order valence-electron chi connectivity index (χ0n) is 22.4. The highest BCUT2D eigenvalue weighted by molar-refractivity contribution is 5.90. The summed E-state index contributed by atoms with van der Waals surface area (Å²) in [5, 5.41) is 91.1. The van der Waals surface area contributed by atoms with Crippen LogP contribution in [0.1, 0.15) is 17.2 Å². The number of phenolic OH excluding ortho intramolecular Hbond substituents is 6. The van der Waals surface area contributed by atoms with E-state index in [0.717, 1.165) is 36.4 Å². The van der Waals surface area contributed by atoms with Crippen LogP contribution >= 0.6 is 0 Å². The Hall–Kier alpha value is -5.28. The number of benzene rings is 3. The summed E-state index contributed by atoms with van der Waals surface area (Å²) in [5.41, 5.74) is -1.29. The molecule has 5 rings (SSSR count). The van der Waals surface area contributed by atoms with E-state index < -0.39 is 93.8 Å². The number of phenols is 6. The molecule has 1 saturated heterocycles. The number of carbonyl (C=O) groups is 1. The maximum absolute atomic E-state index is 13.1. The molecule has 0 amide bonds. The van der Waals surface area contributed by atoms with E-state index in [2.05, 4.69) is 0 Å². The fourth-order valence-corrected chi connectivity index (χ4v) is 4.85. The van der Waals surface area contributed by atoms with Crippen LogP contribution in [-0.4, -0.2) is 83.0 Å². The smallest absolute Gasteiger partial charge is 0.331 e. The van der Waals surface area contributed by atoms with Crippen LogP contribution in [-0.2, 0) is 14.3 Å². The van der Waals surface area contributed by atoms with Gasteiger partial charge in [0.2, 0.25) is 0 Å². The van der Waals surface area contributed by atoms with E-state index in [-0.39, 0.29) is 22.6 Å². The van der Waals surface area contributed by atoms with Crippen molar-refractivity contribution < 1.29 is 64.6 Å². The number of esters is 1. The molecule has 9 N–H and O–H groups in total. The van der Waals surface area contributed by atoms with Gasteiger partial charge in [0.25, 0.3) is 0 Å². The van der Waals surface area contributed by atoms with E-state index in [1.165, 1.54) is 24.3 Å². The molecule has 44 heavy (non-hydrogen) atoms. The predicted molar refractivity (Wildman–Crippen MR) is 150 cm³/mol. The molecule has 14 nitrogen and oxygen atoms in total. The van der Waals surface area contributed by atoms with Crippen molar-refractivity contribution in [3.63, 3.8) is 0 Å². The van der Waals surface area contributed by atoms with Gasteiger partial charge in [0.1, 0.15) is 47.1 Å². The number of aromatic hydroxyl groups is 6. The number of aliphatic hydroxyl groups excluding tert-OH is 3. The minimum absolute atomic E-state index is 0.106. The molecule has 3 aromatic carbocycles. The molecule has 0 spiro atoms. The van der Waals surface area contributed by atoms with Gasteiger partial charge in [-0.25, -0.2) is 4.79 Å². The first-order valence-electron chi connectivity index (χ1n) is 13.0. The molecule has 0 bridgehead atoms. The normalized spacial score (nSPS) is 21.9. The van der Waals surface area contributed by atoms with Crippen LogP contribution in [0, 0.1) is 0 Å². The zero-order chi connectivity index (χ0) is 31.9. The average Bonchev–Trinajstić information content (AvgIpc) is 2.98. The number of carbonyl (C=O) groups excluding carboxylic acids is 1. The Morgan fingerprint density at radius 2 is 1.50 bits per heavy atom. The lowest BCUT2D eigenvalue weighted by Crippen LogP contribution is -2.56. The van der Waals surface area contributed by atoms with Gasteiger partial charge in [0.05, 0.1) is 12.2 Å². The molecule has 5 atom stereocenters. The molecular weight excluding hydrogens is 584 g/mol. The summed E-state index contributed by atoms with van der Waals surface area (Å²) < 4.78 is 17.1. The highest BCUT2D eigenvalue weighted by Crippen LogP contribution is 2.45. The molecule has 2 unspecified atom stereocenters. The summed E-state index contributed by atoms with van der Waals surface area (Å²) in [7, 11) is 0. The minimum Gasteiger partial charge on any atom is -0.507 e. The Balaban J connectivity index is 1.62. The molecule has 1 fully saturated rings. The van der Waals surface area contributed by atoms with Crippen molar-refractivity contribution in [3.05, 3.63) is 76.0 Å². The van der Waals surface area contributed by atoms with Crippen molar-refractivity contribution in [2.45, 2.75) is 30.5 Å². The highest BCUT2D eigenvalue weighted by Gasteiger charge is 2.49. The fourth-order valence-electron chi connectivity index (χ4n) is 4.85. The maximum Gasteiger partial charge on any atom is 0.331 e. The van der Waals surface area contributed by atoms with Crippen molar-refractivity contribution in [2.24, 2.45) is 0 Å². The van der Waals surface area contributed by atoms with E-state index >= 15 is 0 Å². The first-order chi connectivity index (χ1) is 20.9. The first-order valence-corrected chi connectivity index (χ1v) is 13.0. The van der Waals surface area contributed by atoms with Gasteiger partial charge in [-0.1, -0.05) is 6.07 Å². The number of ether oxygens (including phenoxy) is 2. The fraction of sp³-hybridized carbons (Fsp3) is 0.200. The molecule has 1 aliphatic rings. The Bertz CT molecular complexity index is 1830. The first kappa shape index (κ1) is 30.2. The topological polar surface area (TPSA) is 248 Å². The summed E-state index contributed by atoms with van der Waals surface area (Å²) in [6.07, 6.45) is -6.52. The molecule has 0 radical (unpaired) electrons. The number of rotatable bonds is 6. The van der Waals surface area contributed by atoms with Crippen LogP contribution in [0.3, 0.4) is 0 Å². The van der Waals surface area contributed by atoms with E-state index in [9.17, 15) is 55.5 Å². The highest BCUT2D eigenvalue weighted by atomic mass is 16.6. The van der Waals surface area contributed by atoms with Crippen molar-refractivity contribution in [1.82, 2.24) is 0 Å². The van der Waals surface area contributed by atoms with Gasteiger partial charge in [-0.3, -0.25) is 4.79 Å². The predicted octanol–water partition coefficient (Wildman–Crippen LogP) is 1.47. The van der Waals surface area contributed by atoms with Gasteiger partial charge < -0.3 is 59.8 Å². The summed E-state index contributed by atoms with van der Waals surface area (Å²) in [6, 6.07) is 9.03. The van der Waals surface area contributed by atoms with Crippen molar-refractivity contribution >= 4 is 23.0 Å². The average molecular weight is 611 g/mol. The van der Waals surface area contributed by atoms with Crippen LogP contribution in [0.2, 0.25) is 0 Å². The Labute approximate surface area is 246 Å². The van der Waals surface area contributed by atoms with E-state index in [4.69, 9.17) is 13.9 Å². The van der Waals surface area contributed by atoms with Gasteiger partial charge in [-0.05, 0) is 42.0 Å². The van der Waals surface area contributed by atoms with Gasteiger partial charge in [-0.15, -0.1) is 0 Å². The Morgan fingerprint density at radius 3 is 2.16 bits per heavy atom. The number of hydrogen-bond acceptors (Lipinski definition) is 14. The van der Waals surface area contributed by atoms with Crippen LogP contribution < -0.4 is 5.43 Å². The number of fused-ring (bicyclic) bond motifs is 1. The van der Waals surface area contributed by atoms with Crippen LogP contribution in [0.15, 0.2) is 63.8 Å². The zero-order valence-corrected chi connectivity index (χ0v) is 22.4. The molecule has 1 aromatic heterocycles. The molecule has 1 aliphatic heterocycles. The Kier molecular flexibility index (Phi) is 8.08. The van der Waals surface area contributed by atoms with Gasteiger partial charge in [0.15, 0.2) is 40.1 Å². The quantitative estimate of drug-likeness (QED) is 0.0852. The standard InChI is InChI=1S/C30H26O14/c31-11-22-26(40)27(41)30(44-23(39)6-2-12-1-4-14(32)16(34)7-12)29(43-22)25-19(37)9-18(36)24-20(38)10-21(42-28(24)25)13-3-5-15(33)17(35)8-13/h1-10,22,26-27,29-37,40-41H,11H2/b6-2+/t22?,26-,27+,29+,30?/m1/s1. The lowest BCUT2D eigenvalue weighted by molar-refractivity contribution is -0.239. The SMILES string of the molecule is O=C(/C=C/c1ccc(O)c(O)c1)OC1[C@@H](O)[C@H](O)C(CO)O[C@H]1c1c(O)cc(O)c2c(=O)cc(-c3ccc(O)c(O)c3)oc12.